The van der Waals surface area contributed by atoms with Crippen LogP contribution in [0.25, 0.3) is 0 Å². The summed E-state index contributed by atoms with van der Waals surface area (Å²) in [7, 11) is 0. The standard InChI is InChI=1S/C8H14BrI/c1-2-3-4-5-8(10)6-7-9/h6H,2-5,7H2,1H3. The monoisotopic (exact) mass is 316 g/mol. The van der Waals surface area contributed by atoms with E-state index in [2.05, 4.69) is 51.5 Å². The van der Waals surface area contributed by atoms with Gasteiger partial charge in [-0.15, -0.1) is 0 Å². The van der Waals surface area contributed by atoms with Gasteiger partial charge >= 0.3 is 0 Å². The van der Waals surface area contributed by atoms with Crippen molar-refractivity contribution in [2.75, 3.05) is 5.33 Å². The van der Waals surface area contributed by atoms with Crippen molar-refractivity contribution in [3.8, 4) is 0 Å². The van der Waals surface area contributed by atoms with Crippen molar-refractivity contribution in [2.24, 2.45) is 0 Å². The molecule has 0 aromatic heterocycles. The Morgan fingerprint density at radius 2 is 2.20 bits per heavy atom. The van der Waals surface area contributed by atoms with E-state index in [1.807, 2.05) is 0 Å². The molecule has 10 heavy (non-hydrogen) atoms. The predicted octanol–water partition coefficient (Wildman–Crippen LogP) is 4.28. The molecule has 0 aromatic rings. The third-order valence-electron chi connectivity index (χ3n) is 1.32. The second-order valence-electron chi connectivity index (χ2n) is 2.26. The smallest absolute Gasteiger partial charge is 0.0222 e. The largest absolute Gasteiger partial charge is 0.0883 e. The number of rotatable bonds is 5. The zero-order valence-electron chi connectivity index (χ0n) is 6.37. The molecular formula is C8H14BrI. The van der Waals surface area contributed by atoms with Gasteiger partial charge in [-0.2, -0.15) is 0 Å². The third-order valence-corrected chi connectivity index (χ3v) is 2.62. The van der Waals surface area contributed by atoms with Gasteiger partial charge in [0.05, 0.1) is 0 Å². The van der Waals surface area contributed by atoms with Gasteiger partial charge in [0.2, 0.25) is 0 Å². The topological polar surface area (TPSA) is 0 Å². The van der Waals surface area contributed by atoms with Gasteiger partial charge in [-0.1, -0.05) is 41.8 Å². The molecule has 0 unspecified atom stereocenters. The number of allylic oxidation sites excluding steroid dienone is 2. The molecule has 0 saturated heterocycles. The minimum atomic E-state index is 0.997. The van der Waals surface area contributed by atoms with Crippen molar-refractivity contribution in [1.82, 2.24) is 0 Å². The van der Waals surface area contributed by atoms with E-state index in [-0.39, 0.29) is 0 Å². The Bertz CT molecular complexity index is 99.4. The van der Waals surface area contributed by atoms with Gasteiger partial charge in [-0.05, 0) is 39.0 Å². The summed E-state index contributed by atoms with van der Waals surface area (Å²) in [5, 5.41) is 0.997. The minimum Gasteiger partial charge on any atom is -0.0883 e. The fraction of sp³-hybridized carbons (Fsp3) is 0.750. The molecule has 0 atom stereocenters. The zero-order valence-corrected chi connectivity index (χ0v) is 10.1. The highest BCUT2D eigenvalue weighted by Gasteiger charge is 1.89. The second kappa shape index (κ2) is 8.05. The number of halogens is 2. The van der Waals surface area contributed by atoms with Crippen LogP contribution < -0.4 is 0 Å². The lowest BCUT2D eigenvalue weighted by Crippen LogP contribution is -1.75. The Morgan fingerprint density at radius 1 is 1.50 bits per heavy atom. The lowest BCUT2D eigenvalue weighted by Gasteiger charge is -1.96. The average molecular weight is 317 g/mol. The summed E-state index contributed by atoms with van der Waals surface area (Å²) in [6.45, 7) is 2.24. The van der Waals surface area contributed by atoms with Crippen molar-refractivity contribution in [3.05, 3.63) is 9.66 Å². The number of hydrogen-bond donors (Lipinski definition) is 0. The highest BCUT2D eigenvalue weighted by Crippen LogP contribution is 2.15. The van der Waals surface area contributed by atoms with Crippen LogP contribution in [-0.4, -0.2) is 5.33 Å². The number of hydrogen-bond acceptors (Lipinski definition) is 0. The summed E-state index contributed by atoms with van der Waals surface area (Å²) in [5.74, 6) is 0. The van der Waals surface area contributed by atoms with Crippen LogP contribution >= 0.6 is 38.5 Å². The van der Waals surface area contributed by atoms with Crippen LogP contribution in [0.15, 0.2) is 9.66 Å². The van der Waals surface area contributed by atoms with Gasteiger partial charge in [0.25, 0.3) is 0 Å². The summed E-state index contributed by atoms with van der Waals surface area (Å²) in [4.78, 5) is 0. The number of alkyl halides is 1. The first-order valence-electron chi connectivity index (χ1n) is 3.71. The summed E-state index contributed by atoms with van der Waals surface area (Å²) in [6, 6.07) is 0. The van der Waals surface area contributed by atoms with Gasteiger partial charge in [0, 0.05) is 5.33 Å². The molecule has 0 radical (unpaired) electrons. The Hall–Kier alpha value is 0.950. The lowest BCUT2D eigenvalue weighted by atomic mass is 10.2. The van der Waals surface area contributed by atoms with Gasteiger partial charge in [0.1, 0.15) is 0 Å². The molecule has 0 aliphatic rings. The van der Waals surface area contributed by atoms with Crippen LogP contribution in [0.3, 0.4) is 0 Å². The van der Waals surface area contributed by atoms with E-state index >= 15 is 0 Å². The van der Waals surface area contributed by atoms with E-state index < -0.39 is 0 Å². The fourth-order valence-corrected chi connectivity index (χ4v) is 2.33. The first kappa shape index (κ1) is 11.0. The fourth-order valence-electron chi connectivity index (χ4n) is 0.730. The van der Waals surface area contributed by atoms with Gasteiger partial charge in [0.15, 0.2) is 0 Å². The molecule has 0 nitrogen and oxygen atoms in total. The van der Waals surface area contributed by atoms with Crippen molar-refractivity contribution in [1.29, 1.82) is 0 Å². The number of unbranched alkanes of at least 4 members (excludes halogenated alkanes) is 2. The molecule has 0 fully saturated rings. The van der Waals surface area contributed by atoms with Crippen LogP contribution in [0.2, 0.25) is 0 Å². The minimum absolute atomic E-state index is 0.997. The SMILES string of the molecule is CCCCCC(I)=CCBr. The van der Waals surface area contributed by atoms with Crippen LogP contribution in [-0.2, 0) is 0 Å². The van der Waals surface area contributed by atoms with E-state index in [0.717, 1.165) is 5.33 Å². The molecule has 0 amide bonds. The quantitative estimate of drug-likeness (QED) is 0.403. The normalized spacial score (nSPS) is 12.1. The highest BCUT2D eigenvalue weighted by molar-refractivity contribution is 14.1. The molecular weight excluding hydrogens is 303 g/mol. The molecule has 0 spiro atoms. The highest BCUT2D eigenvalue weighted by atomic mass is 127. The lowest BCUT2D eigenvalue weighted by molar-refractivity contribution is 0.727. The van der Waals surface area contributed by atoms with E-state index in [4.69, 9.17) is 0 Å². The first-order chi connectivity index (χ1) is 4.81. The zero-order chi connectivity index (χ0) is 7.82. The summed E-state index contributed by atoms with van der Waals surface area (Å²) < 4.78 is 1.49. The Morgan fingerprint density at radius 3 is 2.70 bits per heavy atom. The molecule has 0 rings (SSSR count). The van der Waals surface area contributed by atoms with Gasteiger partial charge in [-0.25, -0.2) is 0 Å². The summed E-state index contributed by atoms with van der Waals surface area (Å²) in [6.07, 6.45) is 7.52. The van der Waals surface area contributed by atoms with Crippen LogP contribution in [0, 0.1) is 0 Å². The molecule has 0 aliphatic heterocycles. The van der Waals surface area contributed by atoms with E-state index in [0.29, 0.717) is 0 Å². The maximum absolute atomic E-state index is 3.38. The molecule has 0 aliphatic carbocycles. The Labute approximate surface area is 85.7 Å². The van der Waals surface area contributed by atoms with Gasteiger partial charge in [-0.3, -0.25) is 0 Å². The van der Waals surface area contributed by atoms with Gasteiger partial charge < -0.3 is 0 Å². The maximum Gasteiger partial charge on any atom is 0.0222 e. The molecule has 0 bridgehead atoms. The van der Waals surface area contributed by atoms with Crippen molar-refractivity contribution in [3.63, 3.8) is 0 Å². The first-order valence-corrected chi connectivity index (χ1v) is 5.91. The third kappa shape index (κ3) is 7.06. The summed E-state index contributed by atoms with van der Waals surface area (Å²) in [5.41, 5.74) is 0. The van der Waals surface area contributed by atoms with Crippen LogP contribution in [0.1, 0.15) is 32.6 Å². The van der Waals surface area contributed by atoms with Crippen molar-refractivity contribution < 1.29 is 0 Å². The molecule has 0 saturated carbocycles. The van der Waals surface area contributed by atoms with E-state index in [9.17, 15) is 0 Å². The Kier molecular flexibility index (Phi) is 8.82. The van der Waals surface area contributed by atoms with Crippen molar-refractivity contribution >= 4 is 38.5 Å². The van der Waals surface area contributed by atoms with E-state index in [1.54, 1.807) is 0 Å². The summed E-state index contributed by atoms with van der Waals surface area (Å²) >= 11 is 5.79. The molecule has 2 heteroatoms. The average Bonchev–Trinajstić information content (AvgIpc) is 1.89. The van der Waals surface area contributed by atoms with Crippen molar-refractivity contribution in [2.45, 2.75) is 32.6 Å². The van der Waals surface area contributed by atoms with Crippen LogP contribution in [0.4, 0.5) is 0 Å². The predicted molar refractivity (Wildman–Crippen MR) is 60.0 cm³/mol. The van der Waals surface area contributed by atoms with Crippen LogP contribution in [0.5, 0.6) is 0 Å². The molecule has 0 aromatic carbocycles. The molecule has 0 heterocycles. The molecule has 0 N–H and O–H groups in total. The Balaban J connectivity index is 3.21. The second-order valence-corrected chi connectivity index (χ2v) is 4.30. The maximum atomic E-state index is 3.38. The van der Waals surface area contributed by atoms with E-state index in [1.165, 1.54) is 29.3 Å². The molecule has 60 valence electrons.